The first kappa shape index (κ1) is 26.4. The lowest BCUT2D eigenvalue weighted by Gasteiger charge is -2.35. The number of benzene rings is 1. The smallest absolute Gasteiger partial charge is 0.410 e. The largest absolute Gasteiger partial charge is 0.444 e. The predicted molar refractivity (Wildman–Crippen MR) is 153 cm³/mol. The van der Waals surface area contributed by atoms with Crippen LogP contribution in [0.4, 0.5) is 4.79 Å². The van der Waals surface area contributed by atoms with Crippen molar-refractivity contribution in [2.75, 3.05) is 13.1 Å². The van der Waals surface area contributed by atoms with E-state index in [1.807, 2.05) is 51.2 Å². The molecule has 1 aromatic carbocycles. The summed E-state index contributed by atoms with van der Waals surface area (Å²) in [7, 11) is 0. The molecule has 1 aliphatic carbocycles. The Morgan fingerprint density at radius 1 is 1.21 bits per heavy atom. The van der Waals surface area contributed by atoms with Gasteiger partial charge in [0, 0.05) is 42.8 Å². The summed E-state index contributed by atoms with van der Waals surface area (Å²) in [4.78, 5) is 18.9. The van der Waals surface area contributed by atoms with E-state index < -0.39 is 5.60 Å². The highest BCUT2D eigenvalue weighted by molar-refractivity contribution is 6.30. The summed E-state index contributed by atoms with van der Waals surface area (Å²) in [6.07, 6.45) is 16.1. The van der Waals surface area contributed by atoms with Crippen molar-refractivity contribution < 1.29 is 9.53 Å². The van der Waals surface area contributed by atoms with E-state index >= 15 is 0 Å². The van der Waals surface area contributed by atoms with E-state index in [2.05, 4.69) is 51.4 Å². The zero-order valence-corrected chi connectivity index (χ0v) is 23.5. The second kappa shape index (κ2) is 10.9. The maximum absolute atomic E-state index is 12.7. The fourth-order valence-electron chi connectivity index (χ4n) is 5.57. The number of fused-ring (bicyclic) bond motifs is 2. The Bertz CT molecular complexity index is 1330. The highest BCUT2D eigenvalue weighted by Crippen LogP contribution is 2.44. The number of ether oxygens (including phenoxy) is 1. The first-order valence-corrected chi connectivity index (χ1v) is 13.9. The molecule has 0 spiro atoms. The number of amides is 1. The lowest BCUT2D eigenvalue weighted by Crippen LogP contribution is -2.42. The van der Waals surface area contributed by atoms with Crippen molar-refractivity contribution >= 4 is 28.8 Å². The van der Waals surface area contributed by atoms with Crippen molar-refractivity contribution in [2.24, 2.45) is 5.92 Å². The first-order valence-electron chi connectivity index (χ1n) is 13.5. The predicted octanol–water partition coefficient (Wildman–Crippen LogP) is 7.12. The molecule has 7 heteroatoms. The zero-order valence-electron chi connectivity index (χ0n) is 22.8. The number of aryl methyl sites for hydroxylation is 2. The second-order valence-electron chi connectivity index (χ2n) is 11.4. The maximum Gasteiger partial charge on any atom is 0.410 e. The third-order valence-electron chi connectivity index (χ3n) is 7.28. The van der Waals surface area contributed by atoms with Crippen molar-refractivity contribution in [3.05, 3.63) is 88.3 Å². The van der Waals surface area contributed by atoms with Crippen molar-refractivity contribution in [2.45, 2.75) is 65.5 Å². The second-order valence-corrected chi connectivity index (χ2v) is 11.8. The fraction of sp³-hybridized carbons (Fsp3) is 0.419. The topological polar surface area (TPSA) is 59.4 Å². The Labute approximate surface area is 230 Å². The summed E-state index contributed by atoms with van der Waals surface area (Å²) in [6, 6.07) is 6.29. The molecule has 38 heavy (non-hydrogen) atoms. The minimum Gasteiger partial charge on any atom is -0.444 e. The molecular weight excluding hydrogens is 496 g/mol. The van der Waals surface area contributed by atoms with E-state index in [9.17, 15) is 4.79 Å². The molecule has 0 unspecified atom stereocenters. The number of piperidine rings is 1. The molecule has 2 aliphatic heterocycles. The van der Waals surface area contributed by atoms with Gasteiger partial charge in [-0.2, -0.15) is 0 Å². The summed E-state index contributed by atoms with van der Waals surface area (Å²) < 4.78 is 7.79. The van der Waals surface area contributed by atoms with E-state index in [0.717, 1.165) is 48.6 Å². The molecule has 3 aliphatic rings. The van der Waals surface area contributed by atoms with E-state index in [4.69, 9.17) is 16.3 Å². The number of dihydropyridines is 1. The number of nitrogens with zero attached hydrogens (tertiary/aromatic N) is 3. The number of halogens is 1. The van der Waals surface area contributed by atoms with Gasteiger partial charge in [-0.05, 0) is 111 Å². The minimum absolute atomic E-state index is 0.224. The van der Waals surface area contributed by atoms with Gasteiger partial charge in [-0.3, -0.25) is 0 Å². The number of aromatic nitrogens is 2. The van der Waals surface area contributed by atoms with Crippen LogP contribution in [0.15, 0.2) is 66.4 Å². The molecule has 0 atom stereocenters. The average molecular weight is 533 g/mol. The third-order valence-corrected chi connectivity index (χ3v) is 7.52. The SMILES string of the molecule is Cc1cn(CCCC2=CC3=CC=CNC3=C(C3CCN(C(=O)OC(C)(C)C)CC3)c3ccc(Cl)cc32)cn1. The average Bonchev–Trinajstić information content (AvgIpc) is 3.23. The summed E-state index contributed by atoms with van der Waals surface area (Å²) >= 11 is 6.56. The Morgan fingerprint density at radius 2 is 2.00 bits per heavy atom. The molecule has 2 aromatic rings. The van der Waals surface area contributed by atoms with Crippen molar-refractivity contribution in [3.8, 4) is 0 Å². The molecule has 200 valence electrons. The molecule has 1 N–H and O–H groups in total. The van der Waals surface area contributed by atoms with Crippen LogP contribution >= 0.6 is 11.6 Å². The van der Waals surface area contributed by atoms with Gasteiger partial charge in [-0.25, -0.2) is 9.78 Å². The third kappa shape index (κ3) is 5.91. The highest BCUT2D eigenvalue weighted by Gasteiger charge is 2.33. The van der Waals surface area contributed by atoms with Crippen molar-refractivity contribution in [3.63, 3.8) is 0 Å². The number of likely N-dealkylation sites (tertiary alicyclic amines) is 1. The molecule has 0 bridgehead atoms. The Kier molecular flexibility index (Phi) is 7.53. The molecule has 5 rings (SSSR count). The fourth-order valence-corrected chi connectivity index (χ4v) is 5.75. The van der Waals surface area contributed by atoms with Crippen LogP contribution in [0.1, 0.15) is 63.3 Å². The number of imidazole rings is 1. The van der Waals surface area contributed by atoms with Gasteiger partial charge in [-0.15, -0.1) is 0 Å². The number of allylic oxidation sites excluding steroid dienone is 5. The van der Waals surface area contributed by atoms with Crippen LogP contribution in [-0.4, -0.2) is 39.2 Å². The van der Waals surface area contributed by atoms with E-state index in [1.165, 1.54) is 27.8 Å². The molecular formula is C31H37ClN4O2. The normalized spacial score (nSPS) is 17.8. The lowest BCUT2D eigenvalue weighted by molar-refractivity contribution is 0.0199. The van der Waals surface area contributed by atoms with Crippen LogP contribution in [0.5, 0.6) is 0 Å². The Balaban J connectivity index is 1.42. The number of rotatable bonds is 5. The van der Waals surface area contributed by atoms with E-state index in [0.29, 0.717) is 19.0 Å². The summed E-state index contributed by atoms with van der Waals surface area (Å²) in [6.45, 7) is 10.0. The number of hydrogen-bond donors (Lipinski definition) is 1. The minimum atomic E-state index is -0.491. The summed E-state index contributed by atoms with van der Waals surface area (Å²) in [5.41, 5.74) is 7.94. The number of carbonyl (C=O) groups excluding carboxylic acids is 1. The van der Waals surface area contributed by atoms with E-state index in [-0.39, 0.29) is 6.09 Å². The molecule has 6 nitrogen and oxygen atoms in total. The van der Waals surface area contributed by atoms with Gasteiger partial charge in [-0.1, -0.05) is 23.7 Å². The quantitative estimate of drug-likeness (QED) is 0.445. The molecule has 0 radical (unpaired) electrons. The van der Waals surface area contributed by atoms with Gasteiger partial charge in [0.2, 0.25) is 0 Å². The molecule has 3 heterocycles. The van der Waals surface area contributed by atoms with Crippen LogP contribution in [0.2, 0.25) is 5.02 Å². The lowest BCUT2D eigenvalue weighted by atomic mass is 9.81. The zero-order chi connectivity index (χ0) is 26.9. The summed E-state index contributed by atoms with van der Waals surface area (Å²) in [5, 5.41) is 4.31. The molecule has 1 amide bonds. The molecule has 1 aromatic heterocycles. The standard InChI is InChI=1S/C31H37ClN4O2/c1-21-19-35(20-34-21)14-6-8-23-17-24-7-5-13-33-29(24)28(26-10-9-25(32)18-27(23)26)22-11-15-36(16-12-22)30(37)38-31(2,3)4/h5,7,9-10,13,17-20,22,33H,6,8,11-12,14-16H2,1-4H3. The van der Waals surface area contributed by atoms with Crippen LogP contribution in [0.25, 0.3) is 11.1 Å². The first-order chi connectivity index (χ1) is 18.2. The van der Waals surface area contributed by atoms with Gasteiger partial charge in [0.15, 0.2) is 0 Å². The Morgan fingerprint density at radius 3 is 2.71 bits per heavy atom. The maximum atomic E-state index is 12.7. The molecule has 1 saturated heterocycles. The number of hydrogen-bond acceptors (Lipinski definition) is 4. The van der Waals surface area contributed by atoms with Gasteiger partial charge in [0.05, 0.1) is 12.0 Å². The van der Waals surface area contributed by atoms with Crippen LogP contribution in [0, 0.1) is 12.8 Å². The van der Waals surface area contributed by atoms with Gasteiger partial charge < -0.3 is 19.5 Å². The highest BCUT2D eigenvalue weighted by atomic mass is 35.5. The van der Waals surface area contributed by atoms with E-state index in [1.54, 1.807) is 0 Å². The number of nitrogens with one attached hydrogen (secondary N) is 1. The number of carbonyl (C=O) groups is 1. The van der Waals surface area contributed by atoms with Crippen LogP contribution in [-0.2, 0) is 11.3 Å². The Hall–Kier alpha value is -3.25. The van der Waals surface area contributed by atoms with Crippen LogP contribution in [0.3, 0.4) is 0 Å². The molecule has 0 saturated carbocycles. The summed E-state index contributed by atoms with van der Waals surface area (Å²) in [5.74, 6) is 0.313. The van der Waals surface area contributed by atoms with Crippen LogP contribution < -0.4 is 5.32 Å². The van der Waals surface area contributed by atoms with Crippen molar-refractivity contribution in [1.29, 1.82) is 0 Å². The molecule has 1 fully saturated rings. The van der Waals surface area contributed by atoms with Gasteiger partial charge in [0.25, 0.3) is 0 Å². The van der Waals surface area contributed by atoms with Gasteiger partial charge in [0.1, 0.15) is 5.60 Å². The van der Waals surface area contributed by atoms with Gasteiger partial charge >= 0.3 is 6.09 Å². The monoisotopic (exact) mass is 532 g/mol. The van der Waals surface area contributed by atoms with Crippen molar-refractivity contribution in [1.82, 2.24) is 19.8 Å².